The van der Waals surface area contributed by atoms with E-state index in [1.165, 1.54) is 0 Å². The Morgan fingerprint density at radius 2 is 1.84 bits per heavy atom. The molecule has 1 aliphatic heterocycles. The summed E-state index contributed by atoms with van der Waals surface area (Å²) in [4.78, 5) is 23.5. The van der Waals surface area contributed by atoms with Gasteiger partial charge < -0.3 is 20.7 Å². The third-order valence-electron chi connectivity index (χ3n) is 4.96. The lowest BCUT2D eigenvalue weighted by Crippen LogP contribution is -2.44. The van der Waals surface area contributed by atoms with Gasteiger partial charge in [-0.25, -0.2) is 9.97 Å². The summed E-state index contributed by atoms with van der Waals surface area (Å²) in [5, 5.41) is 9.40. The van der Waals surface area contributed by atoms with E-state index in [2.05, 4.69) is 30.8 Å². The standard InChI is InChI=1S/C23H26N6O2/c30-22(18-5-3-6-19(17-18)27-23-25-9-4-10-26-23)28-20-7-1-2-8-21(20)31-16-15-29-13-11-24-12-14-29/h1-10,17,24H,11-16H2,(H,28,30)(H,25,26,27). The van der Waals surface area contributed by atoms with Gasteiger partial charge in [0.15, 0.2) is 0 Å². The Balaban J connectivity index is 1.37. The number of ether oxygens (including phenoxy) is 1. The molecule has 1 aliphatic rings. The van der Waals surface area contributed by atoms with Crippen molar-refractivity contribution in [3.63, 3.8) is 0 Å². The molecule has 1 amide bonds. The minimum absolute atomic E-state index is 0.212. The maximum absolute atomic E-state index is 12.9. The Bertz CT molecular complexity index is 992. The lowest BCUT2D eigenvalue weighted by Gasteiger charge is -2.27. The smallest absolute Gasteiger partial charge is 0.255 e. The molecular weight excluding hydrogens is 392 g/mol. The normalized spacial score (nSPS) is 14.1. The van der Waals surface area contributed by atoms with Crippen molar-refractivity contribution in [1.29, 1.82) is 0 Å². The molecule has 0 saturated carbocycles. The van der Waals surface area contributed by atoms with E-state index < -0.39 is 0 Å². The number of carbonyl (C=O) groups is 1. The molecule has 0 spiro atoms. The first kappa shape index (κ1) is 20.8. The predicted molar refractivity (Wildman–Crippen MR) is 121 cm³/mol. The van der Waals surface area contributed by atoms with Crippen molar-refractivity contribution < 1.29 is 9.53 Å². The van der Waals surface area contributed by atoms with Gasteiger partial charge in [0.05, 0.1) is 5.69 Å². The number of hydrogen-bond donors (Lipinski definition) is 3. The van der Waals surface area contributed by atoms with Gasteiger partial charge in [-0.2, -0.15) is 0 Å². The second-order valence-corrected chi connectivity index (χ2v) is 7.17. The number of nitrogens with one attached hydrogen (secondary N) is 3. The number of benzene rings is 2. The van der Waals surface area contributed by atoms with E-state index in [-0.39, 0.29) is 5.91 Å². The van der Waals surface area contributed by atoms with Crippen LogP contribution in [0.5, 0.6) is 5.75 Å². The van der Waals surface area contributed by atoms with Gasteiger partial charge in [-0.05, 0) is 36.4 Å². The molecule has 2 heterocycles. The van der Waals surface area contributed by atoms with Crippen LogP contribution in [0.4, 0.5) is 17.3 Å². The average molecular weight is 419 g/mol. The van der Waals surface area contributed by atoms with Crippen LogP contribution in [0.15, 0.2) is 67.0 Å². The zero-order chi connectivity index (χ0) is 21.3. The molecule has 8 heteroatoms. The van der Waals surface area contributed by atoms with Gasteiger partial charge in [0.1, 0.15) is 12.4 Å². The first-order valence-corrected chi connectivity index (χ1v) is 10.4. The maximum atomic E-state index is 12.9. The number of piperazine rings is 1. The summed E-state index contributed by atoms with van der Waals surface area (Å²) in [5.41, 5.74) is 1.91. The monoisotopic (exact) mass is 418 g/mol. The zero-order valence-corrected chi connectivity index (χ0v) is 17.3. The molecule has 0 unspecified atom stereocenters. The molecule has 0 radical (unpaired) electrons. The van der Waals surface area contributed by atoms with Crippen LogP contribution < -0.4 is 20.7 Å². The molecule has 1 fully saturated rings. The van der Waals surface area contributed by atoms with E-state index in [0.717, 1.165) is 38.4 Å². The van der Waals surface area contributed by atoms with E-state index in [1.54, 1.807) is 30.6 Å². The van der Waals surface area contributed by atoms with Crippen molar-refractivity contribution in [2.45, 2.75) is 0 Å². The highest BCUT2D eigenvalue weighted by molar-refractivity contribution is 6.05. The zero-order valence-electron chi connectivity index (χ0n) is 17.3. The number of nitrogens with zero attached hydrogens (tertiary/aromatic N) is 3. The number of carbonyl (C=O) groups excluding carboxylic acids is 1. The minimum atomic E-state index is -0.212. The van der Waals surface area contributed by atoms with Crippen LogP contribution in [-0.4, -0.2) is 60.1 Å². The van der Waals surface area contributed by atoms with Crippen LogP contribution in [0.3, 0.4) is 0 Å². The number of aromatic nitrogens is 2. The molecule has 0 bridgehead atoms. The Morgan fingerprint density at radius 3 is 2.68 bits per heavy atom. The second-order valence-electron chi connectivity index (χ2n) is 7.17. The molecular formula is C23H26N6O2. The van der Waals surface area contributed by atoms with E-state index in [0.29, 0.717) is 29.6 Å². The first-order chi connectivity index (χ1) is 15.3. The Labute approximate surface area is 181 Å². The van der Waals surface area contributed by atoms with E-state index in [1.807, 2.05) is 36.4 Å². The molecule has 8 nitrogen and oxygen atoms in total. The van der Waals surface area contributed by atoms with Crippen LogP contribution in [0.25, 0.3) is 0 Å². The van der Waals surface area contributed by atoms with Crippen LogP contribution in [0.2, 0.25) is 0 Å². The molecule has 160 valence electrons. The van der Waals surface area contributed by atoms with E-state index in [4.69, 9.17) is 4.74 Å². The van der Waals surface area contributed by atoms with Gasteiger partial charge in [-0.1, -0.05) is 18.2 Å². The van der Waals surface area contributed by atoms with Crippen LogP contribution in [0.1, 0.15) is 10.4 Å². The van der Waals surface area contributed by atoms with Crippen molar-refractivity contribution in [2.24, 2.45) is 0 Å². The minimum Gasteiger partial charge on any atom is -0.490 e. The largest absolute Gasteiger partial charge is 0.490 e. The number of anilines is 3. The highest BCUT2D eigenvalue weighted by atomic mass is 16.5. The fourth-order valence-corrected chi connectivity index (χ4v) is 3.34. The van der Waals surface area contributed by atoms with Crippen molar-refractivity contribution >= 4 is 23.2 Å². The number of para-hydroxylation sites is 2. The van der Waals surface area contributed by atoms with Crippen LogP contribution >= 0.6 is 0 Å². The highest BCUT2D eigenvalue weighted by Crippen LogP contribution is 2.25. The summed E-state index contributed by atoms with van der Waals surface area (Å²) in [6.07, 6.45) is 3.32. The summed E-state index contributed by atoms with van der Waals surface area (Å²) < 4.78 is 5.97. The topological polar surface area (TPSA) is 91.4 Å². The number of hydrogen-bond acceptors (Lipinski definition) is 7. The Hall–Kier alpha value is -3.49. The molecule has 2 aromatic carbocycles. The lowest BCUT2D eigenvalue weighted by atomic mass is 10.1. The van der Waals surface area contributed by atoms with E-state index >= 15 is 0 Å². The molecule has 4 rings (SSSR count). The molecule has 3 N–H and O–H groups in total. The van der Waals surface area contributed by atoms with Crippen molar-refractivity contribution in [2.75, 3.05) is 50.0 Å². The summed E-state index contributed by atoms with van der Waals surface area (Å²) in [6.45, 7) is 5.51. The predicted octanol–water partition coefficient (Wildman–Crippen LogP) is 2.76. The summed E-state index contributed by atoms with van der Waals surface area (Å²) in [6, 6.07) is 16.5. The van der Waals surface area contributed by atoms with Gasteiger partial charge in [0, 0.05) is 56.4 Å². The van der Waals surface area contributed by atoms with Gasteiger partial charge in [-0.15, -0.1) is 0 Å². The Kier molecular flexibility index (Phi) is 7.04. The Morgan fingerprint density at radius 1 is 1.03 bits per heavy atom. The average Bonchev–Trinajstić information content (AvgIpc) is 2.82. The summed E-state index contributed by atoms with van der Waals surface area (Å²) >= 11 is 0. The lowest BCUT2D eigenvalue weighted by molar-refractivity contribution is 0.102. The van der Waals surface area contributed by atoms with Crippen LogP contribution in [0, 0.1) is 0 Å². The van der Waals surface area contributed by atoms with Gasteiger partial charge in [0.2, 0.25) is 5.95 Å². The maximum Gasteiger partial charge on any atom is 0.255 e. The summed E-state index contributed by atoms with van der Waals surface area (Å²) in [7, 11) is 0. The third-order valence-corrected chi connectivity index (χ3v) is 4.96. The third kappa shape index (κ3) is 6.00. The molecule has 1 aromatic heterocycles. The fourth-order valence-electron chi connectivity index (χ4n) is 3.34. The number of rotatable bonds is 8. The van der Waals surface area contributed by atoms with E-state index in [9.17, 15) is 4.79 Å². The quantitative estimate of drug-likeness (QED) is 0.518. The molecule has 3 aromatic rings. The molecule has 0 aliphatic carbocycles. The van der Waals surface area contributed by atoms with Crippen molar-refractivity contribution in [3.05, 3.63) is 72.6 Å². The molecule has 31 heavy (non-hydrogen) atoms. The van der Waals surface area contributed by atoms with Gasteiger partial charge in [-0.3, -0.25) is 9.69 Å². The second kappa shape index (κ2) is 10.5. The summed E-state index contributed by atoms with van der Waals surface area (Å²) in [5.74, 6) is 0.928. The van der Waals surface area contributed by atoms with Gasteiger partial charge in [0.25, 0.3) is 5.91 Å². The number of amides is 1. The SMILES string of the molecule is O=C(Nc1ccccc1OCCN1CCNCC1)c1cccc(Nc2ncccn2)c1. The van der Waals surface area contributed by atoms with Crippen LogP contribution in [-0.2, 0) is 0 Å². The first-order valence-electron chi connectivity index (χ1n) is 10.4. The fraction of sp³-hybridized carbons (Fsp3) is 0.261. The van der Waals surface area contributed by atoms with Gasteiger partial charge >= 0.3 is 0 Å². The van der Waals surface area contributed by atoms with Crippen molar-refractivity contribution in [1.82, 2.24) is 20.2 Å². The molecule has 0 atom stereocenters. The molecule has 1 saturated heterocycles. The van der Waals surface area contributed by atoms with Crippen molar-refractivity contribution in [3.8, 4) is 5.75 Å². The highest BCUT2D eigenvalue weighted by Gasteiger charge is 2.12.